The first-order valence-electron chi connectivity index (χ1n) is 11.3. The Hall–Kier alpha value is -3.26. The van der Waals surface area contributed by atoms with E-state index in [4.69, 9.17) is 4.52 Å². The quantitative estimate of drug-likeness (QED) is 0.505. The molecule has 3 aromatic heterocycles. The van der Waals surface area contributed by atoms with Crippen molar-refractivity contribution in [3.63, 3.8) is 0 Å². The van der Waals surface area contributed by atoms with Crippen molar-refractivity contribution >= 4 is 5.65 Å². The molecule has 0 bridgehead atoms. The van der Waals surface area contributed by atoms with Crippen LogP contribution in [-0.4, -0.2) is 37.8 Å². The highest BCUT2D eigenvalue weighted by atomic mass is 16.5. The molecule has 1 aliphatic rings. The Bertz CT molecular complexity index is 1230. The van der Waals surface area contributed by atoms with Gasteiger partial charge in [-0.2, -0.15) is 10.1 Å². The molecule has 8 nitrogen and oxygen atoms in total. The van der Waals surface area contributed by atoms with Crippen LogP contribution in [0.25, 0.3) is 17.1 Å². The van der Waals surface area contributed by atoms with Gasteiger partial charge in [0, 0.05) is 12.0 Å². The van der Waals surface area contributed by atoms with E-state index in [2.05, 4.69) is 39.4 Å². The summed E-state index contributed by atoms with van der Waals surface area (Å²) in [5.74, 6) is 1.22. The number of nitrogens with one attached hydrogen (secondary N) is 2. The second-order valence-electron chi connectivity index (χ2n) is 8.32. The maximum absolute atomic E-state index is 12.4. The van der Waals surface area contributed by atoms with Crippen molar-refractivity contribution in [3.8, 4) is 11.5 Å². The summed E-state index contributed by atoms with van der Waals surface area (Å²) < 4.78 is 7.41. The van der Waals surface area contributed by atoms with Crippen molar-refractivity contribution in [1.29, 1.82) is 0 Å². The van der Waals surface area contributed by atoms with Crippen molar-refractivity contribution < 1.29 is 4.52 Å². The highest BCUT2D eigenvalue weighted by Crippen LogP contribution is 2.32. The number of aromatic amines is 1. The summed E-state index contributed by atoms with van der Waals surface area (Å²) in [6.45, 7) is 10.00. The summed E-state index contributed by atoms with van der Waals surface area (Å²) in [5, 5.41) is 12.1. The molecule has 0 spiro atoms. The standard InChI is InChI=1S/C22H24N6O2.C2H6/c1-22(2,15-6-4-3-5-7-15)21-26-20(30-27-21)16-13-24-28-17(12-18(29)25-19(16)28)14-8-10-23-11-9-14;1-2/h3-7,12-14,23H,8-11H2,1-2H3,(H,25,29);1-2H3. The van der Waals surface area contributed by atoms with Gasteiger partial charge < -0.3 is 14.8 Å². The number of H-pyrrole nitrogens is 1. The van der Waals surface area contributed by atoms with Crippen LogP contribution in [0.3, 0.4) is 0 Å². The molecule has 4 aromatic rings. The SMILES string of the molecule is CC.CC(C)(c1ccccc1)c1noc(-c2cnn3c(C4CCNCC4)cc(=O)[nH]c23)n1. The molecule has 0 aliphatic carbocycles. The van der Waals surface area contributed by atoms with Crippen LogP contribution in [0.4, 0.5) is 0 Å². The van der Waals surface area contributed by atoms with E-state index < -0.39 is 5.41 Å². The van der Waals surface area contributed by atoms with Crippen LogP contribution in [0, 0.1) is 0 Å². The van der Waals surface area contributed by atoms with Crippen molar-refractivity contribution in [2.75, 3.05) is 13.1 Å². The normalized spacial score (nSPS) is 14.9. The van der Waals surface area contributed by atoms with Gasteiger partial charge in [0.2, 0.25) is 0 Å². The molecule has 5 rings (SSSR count). The van der Waals surface area contributed by atoms with E-state index in [0.29, 0.717) is 28.8 Å². The summed E-state index contributed by atoms with van der Waals surface area (Å²) in [6, 6.07) is 11.7. The van der Waals surface area contributed by atoms with Gasteiger partial charge in [-0.1, -0.05) is 49.3 Å². The molecular formula is C24H30N6O2. The van der Waals surface area contributed by atoms with E-state index in [9.17, 15) is 4.79 Å². The van der Waals surface area contributed by atoms with Gasteiger partial charge in [-0.05, 0) is 45.3 Å². The number of benzene rings is 1. The molecule has 0 radical (unpaired) electrons. The molecule has 0 saturated carbocycles. The van der Waals surface area contributed by atoms with Crippen LogP contribution < -0.4 is 10.9 Å². The number of rotatable bonds is 4. The van der Waals surface area contributed by atoms with Crippen LogP contribution >= 0.6 is 0 Å². The van der Waals surface area contributed by atoms with Gasteiger partial charge in [0.05, 0.1) is 17.3 Å². The Labute approximate surface area is 187 Å². The largest absolute Gasteiger partial charge is 0.334 e. The number of aromatic nitrogens is 5. The summed E-state index contributed by atoms with van der Waals surface area (Å²) in [6.07, 6.45) is 3.64. The van der Waals surface area contributed by atoms with Gasteiger partial charge in [0.25, 0.3) is 11.4 Å². The molecule has 0 atom stereocenters. The minimum atomic E-state index is -0.417. The molecular weight excluding hydrogens is 404 g/mol. The lowest BCUT2D eigenvalue weighted by molar-refractivity contribution is 0.408. The molecule has 0 unspecified atom stereocenters. The lowest BCUT2D eigenvalue weighted by atomic mass is 9.84. The Morgan fingerprint density at radius 1 is 1.12 bits per heavy atom. The number of hydrogen-bond acceptors (Lipinski definition) is 6. The summed E-state index contributed by atoms with van der Waals surface area (Å²) >= 11 is 0. The maximum atomic E-state index is 12.4. The topological polar surface area (TPSA) is 101 Å². The second kappa shape index (κ2) is 9.08. The van der Waals surface area contributed by atoms with Crippen LogP contribution in [0.5, 0.6) is 0 Å². The lowest BCUT2D eigenvalue weighted by Crippen LogP contribution is -2.28. The van der Waals surface area contributed by atoms with Gasteiger partial charge in [-0.15, -0.1) is 0 Å². The predicted octanol–water partition coefficient (Wildman–Crippen LogP) is 3.89. The second-order valence-corrected chi connectivity index (χ2v) is 8.32. The van der Waals surface area contributed by atoms with Crippen LogP contribution in [-0.2, 0) is 5.41 Å². The third kappa shape index (κ3) is 3.98. The van der Waals surface area contributed by atoms with Crippen molar-refractivity contribution in [1.82, 2.24) is 30.1 Å². The van der Waals surface area contributed by atoms with Gasteiger partial charge >= 0.3 is 0 Å². The Morgan fingerprint density at radius 2 is 1.84 bits per heavy atom. The van der Waals surface area contributed by atoms with E-state index in [-0.39, 0.29) is 5.56 Å². The zero-order valence-electron chi connectivity index (χ0n) is 19.1. The van der Waals surface area contributed by atoms with Gasteiger partial charge in [-0.3, -0.25) is 4.79 Å². The fourth-order valence-electron chi connectivity index (χ4n) is 4.15. The first kappa shape index (κ1) is 22.0. The first-order chi connectivity index (χ1) is 15.5. The Balaban J connectivity index is 0.00000119. The monoisotopic (exact) mass is 434 g/mol. The third-order valence-corrected chi connectivity index (χ3v) is 6.00. The van der Waals surface area contributed by atoms with Crippen LogP contribution in [0.2, 0.25) is 0 Å². The Kier molecular flexibility index (Phi) is 6.23. The number of nitrogens with zero attached hydrogens (tertiary/aromatic N) is 4. The average molecular weight is 435 g/mol. The van der Waals surface area contributed by atoms with E-state index >= 15 is 0 Å². The fraction of sp³-hybridized carbons (Fsp3) is 0.417. The Morgan fingerprint density at radius 3 is 2.56 bits per heavy atom. The number of piperidine rings is 1. The molecule has 2 N–H and O–H groups in total. The fourth-order valence-corrected chi connectivity index (χ4v) is 4.15. The van der Waals surface area contributed by atoms with E-state index in [1.165, 1.54) is 0 Å². The van der Waals surface area contributed by atoms with Gasteiger partial charge in [-0.25, -0.2) is 4.52 Å². The van der Waals surface area contributed by atoms with Gasteiger partial charge in [0.15, 0.2) is 5.82 Å². The van der Waals surface area contributed by atoms with E-state index in [1.54, 1.807) is 16.8 Å². The third-order valence-electron chi connectivity index (χ3n) is 6.00. The summed E-state index contributed by atoms with van der Waals surface area (Å²) in [7, 11) is 0. The smallest absolute Gasteiger partial charge is 0.263 e. The highest BCUT2D eigenvalue weighted by Gasteiger charge is 2.30. The molecule has 32 heavy (non-hydrogen) atoms. The summed E-state index contributed by atoms with van der Waals surface area (Å²) in [5.41, 5.74) is 2.67. The first-order valence-corrected chi connectivity index (χ1v) is 11.3. The lowest BCUT2D eigenvalue weighted by Gasteiger charge is -2.23. The molecule has 168 valence electrons. The van der Waals surface area contributed by atoms with Crippen LogP contribution in [0.15, 0.2) is 51.9 Å². The number of fused-ring (bicyclic) bond motifs is 1. The number of hydrogen-bond donors (Lipinski definition) is 2. The summed E-state index contributed by atoms with van der Waals surface area (Å²) in [4.78, 5) is 20.0. The molecule has 1 aliphatic heterocycles. The minimum Gasteiger partial charge on any atom is -0.334 e. The molecule has 1 saturated heterocycles. The predicted molar refractivity (Wildman–Crippen MR) is 124 cm³/mol. The minimum absolute atomic E-state index is 0.151. The van der Waals surface area contributed by atoms with E-state index in [1.807, 2.05) is 44.2 Å². The molecule has 0 amide bonds. The van der Waals surface area contributed by atoms with Gasteiger partial charge in [0.1, 0.15) is 11.2 Å². The molecule has 4 heterocycles. The zero-order valence-corrected chi connectivity index (χ0v) is 19.1. The van der Waals surface area contributed by atoms with Crippen molar-refractivity contribution in [3.05, 3.63) is 70.0 Å². The molecule has 1 aromatic carbocycles. The average Bonchev–Trinajstić information content (AvgIpc) is 3.49. The highest BCUT2D eigenvalue weighted by molar-refractivity contribution is 5.71. The van der Waals surface area contributed by atoms with Crippen molar-refractivity contribution in [2.24, 2.45) is 0 Å². The maximum Gasteiger partial charge on any atom is 0.263 e. The van der Waals surface area contributed by atoms with Crippen molar-refractivity contribution in [2.45, 2.75) is 51.9 Å². The zero-order chi connectivity index (χ0) is 22.7. The molecule has 8 heteroatoms. The van der Waals surface area contributed by atoms with E-state index in [0.717, 1.165) is 37.2 Å². The molecule has 1 fully saturated rings. The van der Waals surface area contributed by atoms with Crippen LogP contribution in [0.1, 0.15) is 63.5 Å².